The predicted molar refractivity (Wildman–Crippen MR) is 259 cm³/mol. The first kappa shape index (κ1) is 49.8. The molecule has 15 nitrogen and oxygen atoms in total. The number of aryl methyl sites for hydroxylation is 1. The molecule has 0 radical (unpaired) electrons. The minimum absolute atomic E-state index is 0.0645. The monoisotopic (exact) mass is 935 g/mol. The van der Waals surface area contributed by atoms with Gasteiger partial charge >= 0.3 is 12.0 Å². The third-order valence-electron chi connectivity index (χ3n) is 13.8. The number of halogens is 1. The Morgan fingerprint density at radius 2 is 1.82 bits per heavy atom. The lowest BCUT2D eigenvalue weighted by Crippen LogP contribution is -2.62. The molecule has 2 saturated heterocycles. The molecule has 5 amide bonds. The van der Waals surface area contributed by atoms with Crippen molar-refractivity contribution >= 4 is 40.6 Å². The minimum atomic E-state index is -1.50. The number of hydrazine groups is 1. The first-order valence-electron chi connectivity index (χ1n) is 23.7. The van der Waals surface area contributed by atoms with Crippen molar-refractivity contribution in [2.75, 3.05) is 47.4 Å². The van der Waals surface area contributed by atoms with Gasteiger partial charge in [-0.1, -0.05) is 64.6 Å². The van der Waals surface area contributed by atoms with Crippen LogP contribution in [-0.2, 0) is 48.0 Å². The number of benzene rings is 2. The van der Waals surface area contributed by atoms with Gasteiger partial charge in [0.05, 0.1) is 36.7 Å². The number of methoxy groups -OCH3 is 1. The summed E-state index contributed by atoms with van der Waals surface area (Å²) in [7, 11) is 4.63. The Hall–Kier alpha value is -6.13. The summed E-state index contributed by atoms with van der Waals surface area (Å²) in [5, 5.41) is 5.46. The number of carbonyl (C=O) groups is 5. The average molecular weight is 935 g/mol. The fraction of sp³-hybridized carbons (Fsp3) is 0.500. The molecule has 6 atom stereocenters. The Bertz CT molecular complexity index is 2560. The summed E-state index contributed by atoms with van der Waals surface area (Å²) in [5.41, 5.74) is 10.2. The van der Waals surface area contributed by atoms with Gasteiger partial charge < -0.3 is 34.1 Å². The fourth-order valence-corrected chi connectivity index (χ4v) is 10.1. The summed E-state index contributed by atoms with van der Waals surface area (Å²) in [6.45, 7) is 16.1. The Labute approximate surface area is 399 Å². The van der Waals surface area contributed by atoms with Gasteiger partial charge in [0.2, 0.25) is 11.8 Å². The number of fused-ring (bicyclic) bond motifs is 6. The van der Waals surface area contributed by atoms with E-state index in [4.69, 9.17) is 14.5 Å². The second kappa shape index (κ2) is 20.6. The van der Waals surface area contributed by atoms with Gasteiger partial charge in [0.25, 0.3) is 5.91 Å². The molecule has 2 fully saturated rings. The van der Waals surface area contributed by atoms with Gasteiger partial charge in [0, 0.05) is 75.3 Å². The van der Waals surface area contributed by atoms with Crippen molar-refractivity contribution in [3.05, 3.63) is 90.3 Å². The molecule has 5 heterocycles. The molecule has 2 N–H and O–H groups in total. The number of pyridine rings is 1. The summed E-state index contributed by atoms with van der Waals surface area (Å²) in [6, 6.07) is 13.9. The summed E-state index contributed by atoms with van der Waals surface area (Å²) in [5.74, 6) is -2.38. The van der Waals surface area contributed by atoms with Gasteiger partial charge in [-0.15, -0.1) is 0 Å². The van der Waals surface area contributed by atoms with Gasteiger partial charge in [0.15, 0.2) is 0 Å². The Kier molecular flexibility index (Phi) is 15.1. The number of esters is 1. The molecule has 0 unspecified atom stereocenters. The van der Waals surface area contributed by atoms with Crippen LogP contribution >= 0.6 is 0 Å². The second-order valence-electron chi connectivity index (χ2n) is 19.6. The van der Waals surface area contributed by atoms with Crippen LogP contribution in [0.3, 0.4) is 0 Å². The van der Waals surface area contributed by atoms with E-state index in [1.165, 1.54) is 33.8 Å². The number of amides is 5. The number of nitrogens with one attached hydrogen (secondary N) is 2. The molecule has 16 heteroatoms. The number of cyclic esters (lactones) is 1. The number of likely N-dealkylation sites (N-methyl/N-ethyl adjacent to an activating group) is 2. The minimum Gasteiger partial charge on any atom is -0.464 e. The van der Waals surface area contributed by atoms with Crippen LogP contribution in [0.2, 0.25) is 0 Å². The lowest BCUT2D eigenvalue weighted by molar-refractivity contribution is -0.155. The molecular weight excluding hydrogens is 868 g/mol. The van der Waals surface area contributed by atoms with Gasteiger partial charge in [-0.05, 0) is 91.6 Å². The largest absolute Gasteiger partial charge is 0.464 e. The molecule has 3 aliphatic heterocycles. The fourth-order valence-electron chi connectivity index (χ4n) is 10.1. The number of aromatic nitrogens is 2. The molecule has 6 bridgehead atoms. The number of likely N-dealkylation sites (tertiary alicyclic amines) is 1. The van der Waals surface area contributed by atoms with Crippen LogP contribution in [0.4, 0.5) is 9.18 Å². The molecule has 68 heavy (non-hydrogen) atoms. The number of hydrogen-bond acceptors (Lipinski definition) is 9. The molecular formula is C52H67FN8O7. The predicted octanol–water partition coefficient (Wildman–Crippen LogP) is 6.49. The van der Waals surface area contributed by atoms with Crippen molar-refractivity contribution in [1.29, 1.82) is 0 Å². The van der Waals surface area contributed by atoms with Gasteiger partial charge in [-0.3, -0.25) is 29.2 Å². The summed E-state index contributed by atoms with van der Waals surface area (Å²) < 4.78 is 29.5. The number of nitrogens with zero attached hydrogens (tertiary/aromatic N) is 6. The van der Waals surface area contributed by atoms with E-state index in [9.17, 15) is 24.0 Å². The highest BCUT2D eigenvalue weighted by atomic mass is 19.1. The number of hydrogen-bond donors (Lipinski definition) is 2. The van der Waals surface area contributed by atoms with Gasteiger partial charge in [-0.2, -0.15) is 0 Å². The molecule has 364 valence electrons. The van der Waals surface area contributed by atoms with E-state index >= 15 is 4.39 Å². The van der Waals surface area contributed by atoms with Crippen molar-refractivity contribution in [1.82, 2.24) is 40.0 Å². The molecule has 2 aromatic carbocycles. The van der Waals surface area contributed by atoms with E-state index in [-0.39, 0.29) is 38.8 Å². The van der Waals surface area contributed by atoms with Crippen molar-refractivity contribution < 1.29 is 37.8 Å². The van der Waals surface area contributed by atoms with E-state index in [0.29, 0.717) is 25.8 Å². The van der Waals surface area contributed by atoms with Crippen molar-refractivity contribution in [3.8, 4) is 22.4 Å². The summed E-state index contributed by atoms with van der Waals surface area (Å²) in [6.07, 6.45) is 2.73. The number of alkyl halides is 1. The summed E-state index contributed by atoms with van der Waals surface area (Å²) in [4.78, 5) is 78.1. The van der Waals surface area contributed by atoms with Crippen LogP contribution in [0.1, 0.15) is 77.3 Å². The maximum absolute atomic E-state index is 15.3. The van der Waals surface area contributed by atoms with Crippen LogP contribution in [0.5, 0.6) is 0 Å². The van der Waals surface area contributed by atoms with Crippen LogP contribution in [0.25, 0.3) is 33.3 Å². The first-order valence-corrected chi connectivity index (χ1v) is 23.7. The lowest BCUT2D eigenvalue weighted by Gasteiger charge is -2.37. The Balaban J connectivity index is 1.27. The van der Waals surface area contributed by atoms with Crippen molar-refractivity contribution in [2.24, 2.45) is 11.3 Å². The highest BCUT2D eigenvalue weighted by Crippen LogP contribution is 2.42. The zero-order chi connectivity index (χ0) is 49.2. The van der Waals surface area contributed by atoms with E-state index in [1.54, 1.807) is 27.2 Å². The topological polar surface area (TPSA) is 159 Å². The van der Waals surface area contributed by atoms with Crippen molar-refractivity contribution in [3.63, 3.8) is 0 Å². The molecule has 4 aromatic rings. The SMILES string of the molecule is C=CC(=O)N(C)[C@H]1CN(C(=O)N(C)[C@H](C(=O)N[C@H]2Cc3cccc(c3)-c3ccc4c(c3)c(c(-c3cccnc3[C@H](C)OC)n4CC)CC(C)(C)COC(=O)[C@@H]3CCCN(N3)C2=O)C(C)C)C[C@@H]1F. The third kappa shape index (κ3) is 10.2. The molecule has 0 saturated carbocycles. The van der Waals surface area contributed by atoms with E-state index in [1.807, 2.05) is 37.3 Å². The maximum Gasteiger partial charge on any atom is 0.324 e. The smallest absolute Gasteiger partial charge is 0.324 e. The Morgan fingerprint density at radius 3 is 2.53 bits per heavy atom. The average Bonchev–Trinajstić information content (AvgIpc) is 3.87. The molecule has 0 aliphatic carbocycles. The number of rotatable bonds is 10. The van der Waals surface area contributed by atoms with Crippen molar-refractivity contribution in [2.45, 2.75) is 110 Å². The van der Waals surface area contributed by atoms with E-state index < -0.39 is 71.4 Å². The number of ether oxygens (including phenoxy) is 2. The molecule has 2 aromatic heterocycles. The van der Waals surface area contributed by atoms with Crippen LogP contribution < -0.4 is 10.7 Å². The van der Waals surface area contributed by atoms with Crippen LogP contribution in [0, 0.1) is 11.3 Å². The molecule has 0 spiro atoms. The Morgan fingerprint density at radius 1 is 1.07 bits per heavy atom. The van der Waals surface area contributed by atoms with Crippen LogP contribution in [0.15, 0.2) is 73.4 Å². The molecule has 7 rings (SSSR count). The number of carbonyl (C=O) groups excluding carboxylic acids is 5. The zero-order valence-electron chi connectivity index (χ0n) is 40.9. The maximum atomic E-state index is 15.3. The number of urea groups is 1. The highest BCUT2D eigenvalue weighted by molar-refractivity contribution is 5.96. The standard InChI is InChI=1S/C52H67FN8O7/c1-11-44(62)57(8)43-29-59(28-39(43)53)51(66)58(9)46(31(3)4)48(63)55-41-25-33-16-13-17-34(24-33)35-20-21-42-37(26-35)38(47(60(42)12-2)36-18-14-22-54-45(36)32(5)67-10)27-52(6,7)30-68-50(65)40-19-15-23-61(56-40)49(41)64/h11,13-14,16-18,20-22,24,26,31-32,39-41,43,46,56H,1,12,15,19,23,25,27-30H2,2-10H3,(H,55,63)/t32-,39-,40-,41-,43-,46-/m0/s1. The van der Waals surface area contributed by atoms with Crippen LogP contribution in [-0.4, -0.2) is 137 Å². The quantitative estimate of drug-likeness (QED) is 0.134. The molecule has 3 aliphatic rings. The normalized spacial score (nSPS) is 21.8. The second-order valence-corrected chi connectivity index (χ2v) is 19.6. The first-order chi connectivity index (χ1) is 32.4. The van der Waals surface area contributed by atoms with Gasteiger partial charge in [-0.25, -0.2) is 14.6 Å². The highest BCUT2D eigenvalue weighted by Gasteiger charge is 2.43. The zero-order valence-corrected chi connectivity index (χ0v) is 40.9. The third-order valence-corrected chi connectivity index (χ3v) is 13.8. The van der Waals surface area contributed by atoms with E-state index in [2.05, 4.69) is 66.9 Å². The lowest BCUT2D eigenvalue weighted by atomic mass is 9.84. The summed E-state index contributed by atoms with van der Waals surface area (Å²) >= 11 is 0. The van der Waals surface area contributed by atoms with Gasteiger partial charge in [0.1, 0.15) is 24.3 Å². The van der Waals surface area contributed by atoms with E-state index in [0.717, 1.165) is 56.2 Å².